The van der Waals surface area contributed by atoms with Gasteiger partial charge in [-0.1, -0.05) is 0 Å². The summed E-state index contributed by atoms with van der Waals surface area (Å²) < 4.78 is 1.12. The lowest BCUT2D eigenvalue weighted by Gasteiger charge is -2.19. The van der Waals surface area contributed by atoms with Gasteiger partial charge in [0.05, 0.1) is 9.83 Å². The number of thiophene rings is 1. The van der Waals surface area contributed by atoms with Crippen molar-refractivity contribution in [1.82, 2.24) is 9.80 Å². The molecule has 2 amide bonds. The number of hydrogen-bond acceptors (Lipinski definition) is 2. The first-order chi connectivity index (χ1) is 7.50. The molecule has 1 fully saturated rings. The average Bonchev–Trinajstić information content (AvgIpc) is 2.74. The molecule has 5 heteroatoms. The van der Waals surface area contributed by atoms with E-state index in [9.17, 15) is 4.79 Å². The Labute approximate surface area is 108 Å². The Hall–Kier alpha value is -0.550. The molecule has 1 unspecified atom stereocenters. The van der Waals surface area contributed by atoms with E-state index in [1.807, 2.05) is 22.9 Å². The second-order valence-corrected chi connectivity index (χ2v) is 6.79. The Morgan fingerprint density at radius 2 is 2.19 bits per heavy atom. The topological polar surface area (TPSA) is 23.6 Å². The zero-order valence-electron chi connectivity index (χ0n) is 9.61. The third-order valence-corrected chi connectivity index (χ3v) is 4.66. The highest BCUT2D eigenvalue weighted by atomic mass is 79.9. The van der Waals surface area contributed by atoms with Crippen LogP contribution in [-0.2, 0) is 0 Å². The zero-order valence-corrected chi connectivity index (χ0v) is 12.0. The predicted molar refractivity (Wildman–Crippen MR) is 69.8 cm³/mol. The Morgan fingerprint density at radius 3 is 2.62 bits per heavy atom. The quantitative estimate of drug-likeness (QED) is 0.822. The van der Waals surface area contributed by atoms with E-state index in [1.54, 1.807) is 11.3 Å². The summed E-state index contributed by atoms with van der Waals surface area (Å²) in [7, 11) is 1.88. The molecular formula is C11H15BrN2OS. The van der Waals surface area contributed by atoms with Crippen LogP contribution in [0.1, 0.15) is 24.8 Å². The van der Waals surface area contributed by atoms with Crippen molar-refractivity contribution < 1.29 is 4.79 Å². The minimum absolute atomic E-state index is 0.129. The van der Waals surface area contributed by atoms with Gasteiger partial charge in [0.25, 0.3) is 0 Å². The van der Waals surface area contributed by atoms with E-state index in [0.29, 0.717) is 0 Å². The molecule has 0 spiro atoms. The molecule has 2 rings (SSSR count). The minimum Gasteiger partial charge on any atom is -0.320 e. The monoisotopic (exact) mass is 302 g/mol. The number of hydrogen-bond donors (Lipinski definition) is 0. The summed E-state index contributed by atoms with van der Waals surface area (Å²) in [6, 6.07) is 4.72. The molecule has 1 saturated heterocycles. The third-order valence-electron chi connectivity index (χ3n) is 2.93. The third kappa shape index (κ3) is 1.98. The van der Waals surface area contributed by atoms with Crippen molar-refractivity contribution in [3.05, 3.63) is 20.8 Å². The van der Waals surface area contributed by atoms with Crippen molar-refractivity contribution in [3.8, 4) is 0 Å². The molecule has 3 nitrogen and oxygen atoms in total. The van der Waals surface area contributed by atoms with Crippen LogP contribution >= 0.6 is 27.3 Å². The van der Waals surface area contributed by atoms with Crippen LogP contribution in [0.5, 0.6) is 0 Å². The second kappa shape index (κ2) is 4.37. The van der Waals surface area contributed by atoms with Crippen LogP contribution in [0.4, 0.5) is 4.79 Å². The molecule has 1 aliphatic heterocycles. The van der Waals surface area contributed by atoms with E-state index in [4.69, 9.17) is 0 Å². The Morgan fingerprint density at radius 1 is 1.50 bits per heavy atom. The largest absolute Gasteiger partial charge is 0.320 e. The Kier molecular flexibility index (Phi) is 3.26. The molecule has 0 saturated carbocycles. The van der Waals surface area contributed by atoms with Gasteiger partial charge in [0.2, 0.25) is 0 Å². The number of halogens is 1. The molecular weight excluding hydrogens is 288 g/mol. The number of urea groups is 1. The molecule has 0 aromatic carbocycles. The maximum absolute atomic E-state index is 12.0. The van der Waals surface area contributed by atoms with Crippen LogP contribution in [-0.4, -0.2) is 35.5 Å². The highest BCUT2D eigenvalue weighted by molar-refractivity contribution is 9.11. The van der Waals surface area contributed by atoms with Gasteiger partial charge in [0.15, 0.2) is 0 Å². The number of likely N-dealkylation sites (N-methyl/N-ethyl adjacent to an activating group) is 1. The van der Waals surface area contributed by atoms with Gasteiger partial charge >= 0.3 is 6.03 Å². The second-order valence-electron chi connectivity index (χ2n) is 4.30. The first kappa shape index (κ1) is 11.9. The van der Waals surface area contributed by atoms with E-state index in [2.05, 4.69) is 35.8 Å². The number of amides is 2. The average molecular weight is 303 g/mol. The van der Waals surface area contributed by atoms with Crippen LogP contribution in [0, 0.1) is 0 Å². The van der Waals surface area contributed by atoms with Gasteiger partial charge in [-0.25, -0.2) is 4.79 Å². The number of nitrogens with zero attached hydrogens (tertiary/aromatic N) is 2. The zero-order chi connectivity index (χ0) is 11.9. The maximum atomic E-state index is 12.0. The standard InChI is InChI=1S/C11H15BrN2OS/c1-7(2)14-6-8(13(3)11(14)15)9-4-5-10(12)16-9/h4-5,7-8H,6H2,1-3H3. The lowest BCUT2D eigenvalue weighted by atomic mass is 10.2. The molecule has 16 heavy (non-hydrogen) atoms. The summed E-state index contributed by atoms with van der Waals surface area (Å²) in [5.41, 5.74) is 0. The fourth-order valence-electron chi connectivity index (χ4n) is 1.94. The Balaban J connectivity index is 2.22. The molecule has 0 radical (unpaired) electrons. The fourth-order valence-corrected chi connectivity index (χ4v) is 3.50. The molecule has 1 aromatic rings. The molecule has 0 bridgehead atoms. The number of rotatable bonds is 2. The van der Waals surface area contributed by atoms with Gasteiger partial charge in [0.1, 0.15) is 0 Å². The van der Waals surface area contributed by atoms with Gasteiger partial charge in [-0.15, -0.1) is 11.3 Å². The van der Waals surface area contributed by atoms with Crippen LogP contribution < -0.4 is 0 Å². The summed E-state index contributed by atoms with van der Waals surface area (Å²) in [6.45, 7) is 4.90. The van der Waals surface area contributed by atoms with E-state index in [1.165, 1.54) is 4.88 Å². The normalized spacial score (nSPS) is 21.3. The Bertz CT molecular complexity index is 404. The lowest BCUT2D eigenvalue weighted by Crippen LogP contribution is -2.34. The van der Waals surface area contributed by atoms with Crippen LogP contribution in [0.25, 0.3) is 0 Å². The fraction of sp³-hybridized carbons (Fsp3) is 0.545. The van der Waals surface area contributed by atoms with E-state index in [-0.39, 0.29) is 18.1 Å². The summed E-state index contributed by atoms with van der Waals surface area (Å²) in [4.78, 5) is 17.0. The van der Waals surface area contributed by atoms with Gasteiger partial charge in [-0.2, -0.15) is 0 Å². The van der Waals surface area contributed by atoms with Crippen LogP contribution in [0.15, 0.2) is 15.9 Å². The van der Waals surface area contributed by atoms with Gasteiger partial charge in [-0.05, 0) is 41.9 Å². The molecule has 1 aromatic heterocycles. The number of carbonyl (C=O) groups excluding carboxylic acids is 1. The number of carbonyl (C=O) groups is 1. The van der Waals surface area contributed by atoms with E-state index in [0.717, 1.165) is 10.3 Å². The molecule has 1 atom stereocenters. The van der Waals surface area contributed by atoms with Gasteiger partial charge < -0.3 is 9.80 Å². The molecule has 0 N–H and O–H groups in total. The molecule has 2 heterocycles. The highest BCUT2D eigenvalue weighted by Crippen LogP contribution is 2.35. The van der Waals surface area contributed by atoms with Crippen molar-refractivity contribution in [3.63, 3.8) is 0 Å². The van der Waals surface area contributed by atoms with E-state index < -0.39 is 0 Å². The van der Waals surface area contributed by atoms with Gasteiger partial charge in [0, 0.05) is 24.5 Å². The van der Waals surface area contributed by atoms with Crippen molar-refractivity contribution in [2.45, 2.75) is 25.9 Å². The van der Waals surface area contributed by atoms with Crippen molar-refractivity contribution >= 4 is 33.3 Å². The highest BCUT2D eigenvalue weighted by Gasteiger charge is 2.37. The maximum Gasteiger partial charge on any atom is 0.320 e. The summed E-state index contributed by atoms with van der Waals surface area (Å²) in [5.74, 6) is 0. The molecule has 88 valence electrons. The van der Waals surface area contributed by atoms with Crippen molar-refractivity contribution in [2.75, 3.05) is 13.6 Å². The SMILES string of the molecule is CC(C)N1CC(c2ccc(Br)s2)N(C)C1=O. The molecule has 1 aliphatic rings. The lowest BCUT2D eigenvalue weighted by molar-refractivity contribution is 0.187. The summed E-state index contributed by atoms with van der Waals surface area (Å²) >= 11 is 5.16. The van der Waals surface area contributed by atoms with Crippen LogP contribution in [0.2, 0.25) is 0 Å². The van der Waals surface area contributed by atoms with Crippen LogP contribution in [0.3, 0.4) is 0 Å². The summed E-state index contributed by atoms with van der Waals surface area (Å²) in [6.07, 6.45) is 0. The van der Waals surface area contributed by atoms with E-state index >= 15 is 0 Å². The van der Waals surface area contributed by atoms with Crippen molar-refractivity contribution in [1.29, 1.82) is 0 Å². The van der Waals surface area contributed by atoms with Gasteiger partial charge in [-0.3, -0.25) is 0 Å². The first-order valence-electron chi connectivity index (χ1n) is 5.29. The smallest absolute Gasteiger partial charge is 0.320 e. The summed E-state index contributed by atoms with van der Waals surface area (Å²) in [5, 5.41) is 0. The molecule has 0 aliphatic carbocycles. The first-order valence-corrected chi connectivity index (χ1v) is 6.90. The predicted octanol–water partition coefficient (Wildman–Crippen LogP) is 3.33. The van der Waals surface area contributed by atoms with Crippen molar-refractivity contribution in [2.24, 2.45) is 0 Å². The minimum atomic E-state index is 0.129.